The zero-order valence-corrected chi connectivity index (χ0v) is 17.7. The molecule has 4 nitrogen and oxygen atoms in total. The van der Waals surface area contributed by atoms with Crippen molar-refractivity contribution in [2.45, 2.75) is 64.7 Å². The minimum absolute atomic E-state index is 0.0250. The van der Waals surface area contributed by atoms with Crippen molar-refractivity contribution in [3.05, 3.63) is 34.3 Å². The van der Waals surface area contributed by atoms with E-state index < -0.39 is 0 Å². The van der Waals surface area contributed by atoms with E-state index in [0.29, 0.717) is 12.2 Å². The zero-order valence-electron chi connectivity index (χ0n) is 16.1. The first-order chi connectivity index (χ1) is 12.5. The van der Waals surface area contributed by atoms with Gasteiger partial charge in [0.05, 0.1) is 6.61 Å². The molecular formula is C21H32BrNO3. The molecular weight excluding hydrogens is 394 g/mol. The van der Waals surface area contributed by atoms with Crippen molar-refractivity contribution in [1.29, 1.82) is 0 Å². The lowest BCUT2D eigenvalue weighted by molar-refractivity contribution is -0.144. The Balaban J connectivity index is 2.10. The Hall–Kier alpha value is -1.36. The number of benzene rings is 1. The van der Waals surface area contributed by atoms with Crippen LogP contribution < -0.4 is 0 Å². The van der Waals surface area contributed by atoms with Gasteiger partial charge in [0, 0.05) is 17.1 Å². The third kappa shape index (κ3) is 9.95. The Bertz CT molecular complexity index is 548. The Kier molecular flexibility index (Phi) is 12.0. The van der Waals surface area contributed by atoms with Crippen molar-refractivity contribution < 1.29 is 14.3 Å². The molecule has 0 aliphatic heterocycles. The standard InChI is InChI=1S/C21H32BrNO3/c1-3-4-5-6-7-8-9-10-11-15-26-20(24)17-23(2)21(25)18-13-12-14-19(22)16-18/h12-14,16H,3-11,15,17H2,1-2H3. The van der Waals surface area contributed by atoms with Gasteiger partial charge in [0.25, 0.3) is 5.91 Å². The van der Waals surface area contributed by atoms with Gasteiger partial charge in [0.2, 0.25) is 0 Å². The fourth-order valence-corrected chi connectivity index (χ4v) is 3.15. The van der Waals surface area contributed by atoms with Crippen LogP contribution in [0.1, 0.15) is 75.1 Å². The minimum Gasteiger partial charge on any atom is -0.464 e. The van der Waals surface area contributed by atoms with Crippen molar-refractivity contribution in [2.75, 3.05) is 20.2 Å². The smallest absolute Gasteiger partial charge is 0.325 e. The summed E-state index contributed by atoms with van der Waals surface area (Å²) in [6.45, 7) is 2.64. The van der Waals surface area contributed by atoms with E-state index in [4.69, 9.17) is 4.74 Å². The van der Waals surface area contributed by atoms with E-state index in [1.165, 1.54) is 49.8 Å². The highest BCUT2D eigenvalue weighted by Crippen LogP contribution is 2.13. The molecule has 0 N–H and O–H groups in total. The van der Waals surface area contributed by atoms with Crippen molar-refractivity contribution in [1.82, 2.24) is 4.90 Å². The largest absolute Gasteiger partial charge is 0.464 e. The summed E-state index contributed by atoms with van der Waals surface area (Å²) in [5.41, 5.74) is 0.550. The summed E-state index contributed by atoms with van der Waals surface area (Å²) >= 11 is 3.34. The first-order valence-corrected chi connectivity index (χ1v) is 10.5. The molecule has 1 aromatic carbocycles. The van der Waals surface area contributed by atoms with Gasteiger partial charge in [0.15, 0.2) is 0 Å². The van der Waals surface area contributed by atoms with Gasteiger partial charge in [-0.15, -0.1) is 0 Å². The first kappa shape index (κ1) is 22.7. The molecule has 0 atom stereocenters. The van der Waals surface area contributed by atoms with E-state index >= 15 is 0 Å². The maximum absolute atomic E-state index is 12.3. The number of rotatable bonds is 13. The summed E-state index contributed by atoms with van der Waals surface area (Å²) in [5.74, 6) is -0.540. The Labute approximate surface area is 166 Å². The number of unbranched alkanes of at least 4 members (excludes halogenated alkanes) is 8. The van der Waals surface area contributed by atoms with Crippen LogP contribution in [0, 0.1) is 0 Å². The molecule has 5 heteroatoms. The van der Waals surface area contributed by atoms with Gasteiger partial charge in [-0.3, -0.25) is 9.59 Å². The molecule has 26 heavy (non-hydrogen) atoms. The van der Waals surface area contributed by atoms with Gasteiger partial charge < -0.3 is 9.64 Å². The number of hydrogen-bond donors (Lipinski definition) is 0. The van der Waals surface area contributed by atoms with Gasteiger partial charge in [-0.25, -0.2) is 0 Å². The lowest BCUT2D eigenvalue weighted by Crippen LogP contribution is -2.33. The van der Waals surface area contributed by atoms with Crippen molar-refractivity contribution in [3.8, 4) is 0 Å². The average Bonchev–Trinajstić information content (AvgIpc) is 2.62. The van der Waals surface area contributed by atoms with Gasteiger partial charge in [-0.05, 0) is 24.6 Å². The third-order valence-electron chi connectivity index (χ3n) is 4.30. The summed E-state index contributed by atoms with van der Waals surface area (Å²) < 4.78 is 6.08. The van der Waals surface area contributed by atoms with Gasteiger partial charge in [-0.2, -0.15) is 0 Å². The van der Waals surface area contributed by atoms with Crippen LogP contribution in [-0.2, 0) is 9.53 Å². The predicted molar refractivity (Wildman–Crippen MR) is 109 cm³/mol. The van der Waals surface area contributed by atoms with E-state index in [0.717, 1.165) is 17.3 Å². The molecule has 1 aromatic rings. The highest BCUT2D eigenvalue weighted by Gasteiger charge is 2.15. The van der Waals surface area contributed by atoms with E-state index in [-0.39, 0.29) is 18.4 Å². The molecule has 0 saturated heterocycles. The molecule has 1 rings (SSSR count). The zero-order chi connectivity index (χ0) is 19.2. The molecule has 0 unspecified atom stereocenters. The van der Waals surface area contributed by atoms with Gasteiger partial charge in [-0.1, -0.05) is 80.3 Å². The summed E-state index contributed by atoms with van der Waals surface area (Å²) in [7, 11) is 1.61. The maximum Gasteiger partial charge on any atom is 0.325 e. The van der Waals surface area contributed by atoms with Crippen LogP contribution in [0.15, 0.2) is 28.7 Å². The quantitative estimate of drug-likeness (QED) is 0.305. The summed E-state index contributed by atoms with van der Waals surface area (Å²) in [5, 5.41) is 0. The predicted octanol–water partition coefficient (Wildman–Crippen LogP) is 5.60. The molecule has 0 bridgehead atoms. The van der Waals surface area contributed by atoms with Gasteiger partial charge >= 0.3 is 5.97 Å². The fraction of sp³-hybridized carbons (Fsp3) is 0.619. The van der Waals surface area contributed by atoms with Crippen LogP contribution in [0.4, 0.5) is 0 Å². The normalized spacial score (nSPS) is 10.6. The molecule has 0 aromatic heterocycles. The Morgan fingerprint density at radius 3 is 2.23 bits per heavy atom. The summed E-state index contributed by atoms with van der Waals surface area (Å²) in [6, 6.07) is 7.13. The van der Waals surface area contributed by atoms with Crippen molar-refractivity contribution in [2.24, 2.45) is 0 Å². The van der Waals surface area contributed by atoms with Gasteiger partial charge in [0.1, 0.15) is 6.54 Å². The van der Waals surface area contributed by atoms with Crippen molar-refractivity contribution >= 4 is 27.8 Å². The molecule has 0 aliphatic carbocycles. The Morgan fingerprint density at radius 1 is 1.00 bits per heavy atom. The first-order valence-electron chi connectivity index (χ1n) is 9.71. The van der Waals surface area contributed by atoms with E-state index in [9.17, 15) is 9.59 Å². The molecule has 0 fully saturated rings. The van der Waals surface area contributed by atoms with Crippen LogP contribution in [-0.4, -0.2) is 37.0 Å². The number of carbonyl (C=O) groups is 2. The molecule has 0 saturated carbocycles. The summed E-state index contributed by atoms with van der Waals surface area (Å²) in [6.07, 6.45) is 11.1. The maximum atomic E-state index is 12.3. The number of hydrogen-bond acceptors (Lipinski definition) is 3. The van der Waals surface area contributed by atoms with E-state index in [2.05, 4.69) is 22.9 Å². The third-order valence-corrected chi connectivity index (χ3v) is 4.79. The number of esters is 1. The molecule has 0 spiro atoms. The monoisotopic (exact) mass is 425 g/mol. The van der Waals surface area contributed by atoms with E-state index in [1.54, 1.807) is 25.2 Å². The van der Waals surface area contributed by atoms with Crippen LogP contribution >= 0.6 is 15.9 Å². The topological polar surface area (TPSA) is 46.6 Å². The molecule has 146 valence electrons. The molecule has 0 radical (unpaired) electrons. The van der Waals surface area contributed by atoms with Crippen LogP contribution in [0.25, 0.3) is 0 Å². The number of amides is 1. The van der Waals surface area contributed by atoms with Crippen molar-refractivity contribution in [3.63, 3.8) is 0 Å². The molecule has 0 aliphatic rings. The van der Waals surface area contributed by atoms with Crippen LogP contribution in [0.2, 0.25) is 0 Å². The SMILES string of the molecule is CCCCCCCCCCCOC(=O)CN(C)C(=O)c1cccc(Br)c1. The van der Waals surface area contributed by atoms with E-state index in [1.807, 2.05) is 6.07 Å². The molecule has 0 heterocycles. The minimum atomic E-state index is -0.351. The molecule has 1 amide bonds. The second-order valence-corrected chi connectivity index (χ2v) is 7.64. The highest BCUT2D eigenvalue weighted by molar-refractivity contribution is 9.10. The van der Waals surface area contributed by atoms with Crippen LogP contribution in [0.5, 0.6) is 0 Å². The number of halogens is 1. The highest BCUT2D eigenvalue weighted by atomic mass is 79.9. The second-order valence-electron chi connectivity index (χ2n) is 6.72. The lowest BCUT2D eigenvalue weighted by atomic mass is 10.1. The average molecular weight is 426 g/mol. The lowest BCUT2D eigenvalue weighted by Gasteiger charge is -2.16. The number of likely N-dealkylation sites (N-methyl/N-ethyl adjacent to an activating group) is 1. The number of ether oxygens (including phenoxy) is 1. The number of carbonyl (C=O) groups excluding carboxylic acids is 2. The summed E-state index contributed by atoms with van der Waals surface area (Å²) in [4.78, 5) is 25.5. The second kappa shape index (κ2) is 13.8. The van der Waals surface area contributed by atoms with Crippen LogP contribution in [0.3, 0.4) is 0 Å². The fourth-order valence-electron chi connectivity index (χ4n) is 2.75. The Morgan fingerprint density at radius 2 is 1.62 bits per heavy atom. The number of nitrogens with zero attached hydrogens (tertiary/aromatic N) is 1.